The van der Waals surface area contributed by atoms with E-state index in [-0.39, 0.29) is 5.41 Å². The molecule has 0 aliphatic heterocycles. The van der Waals surface area contributed by atoms with Crippen LogP contribution in [-0.2, 0) is 6.54 Å². The van der Waals surface area contributed by atoms with Crippen LogP contribution in [0.2, 0.25) is 0 Å². The number of halogens is 1. The van der Waals surface area contributed by atoms with Gasteiger partial charge in [-0.25, -0.2) is 0 Å². The summed E-state index contributed by atoms with van der Waals surface area (Å²) in [5.41, 5.74) is 7.26. The minimum atomic E-state index is 0.287. The van der Waals surface area contributed by atoms with Crippen molar-refractivity contribution in [1.29, 1.82) is 0 Å². The van der Waals surface area contributed by atoms with Crippen LogP contribution in [0.15, 0.2) is 28.7 Å². The predicted molar refractivity (Wildman–Crippen MR) is 77.9 cm³/mol. The summed E-state index contributed by atoms with van der Waals surface area (Å²) in [7, 11) is 2.17. The van der Waals surface area contributed by atoms with Crippen molar-refractivity contribution in [2.75, 3.05) is 20.1 Å². The third-order valence-corrected chi connectivity index (χ3v) is 3.35. The minimum absolute atomic E-state index is 0.287. The van der Waals surface area contributed by atoms with Crippen LogP contribution in [0.5, 0.6) is 0 Å². The minimum Gasteiger partial charge on any atom is -0.330 e. The topological polar surface area (TPSA) is 29.3 Å². The van der Waals surface area contributed by atoms with Crippen molar-refractivity contribution in [2.45, 2.75) is 26.8 Å². The molecular formula is C14H23BrN2. The van der Waals surface area contributed by atoms with Crippen LogP contribution in [0.25, 0.3) is 0 Å². The van der Waals surface area contributed by atoms with Crippen molar-refractivity contribution in [2.24, 2.45) is 11.1 Å². The van der Waals surface area contributed by atoms with E-state index in [2.05, 4.69) is 66.0 Å². The van der Waals surface area contributed by atoms with E-state index >= 15 is 0 Å². The number of hydrogen-bond acceptors (Lipinski definition) is 2. The van der Waals surface area contributed by atoms with Gasteiger partial charge in [-0.15, -0.1) is 0 Å². The molecule has 17 heavy (non-hydrogen) atoms. The maximum absolute atomic E-state index is 5.64. The van der Waals surface area contributed by atoms with Crippen LogP contribution >= 0.6 is 15.9 Å². The molecule has 0 aromatic heterocycles. The molecule has 1 aromatic rings. The number of hydrogen-bond donors (Lipinski definition) is 1. The Kier molecular flexibility index (Phi) is 5.63. The van der Waals surface area contributed by atoms with E-state index in [1.165, 1.54) is 5.56 Å². The average molecular weight is 299 g/mol. The highest BCUT2D eigenvalue weighted by Gasteiger charge is 2.19. The van der Waals surface area contributed by atoms with E-state index in [9.17, 15) is 0 Å². The molecule has 96 valence electrons. The lowest BCUT2D eigenvalue weighted by atomic mass is 9.89. The zero-order chi connectivity index (χ0) is 12.9. The zero-order valence-corrected chi connectivity index (χ0v) is 12.6. The van der Waals surface area contributed by atoms with Crippen molar-refractivity contribution in [3.8, 4) is 0 Å². The van der Waals surface area contributed by atoms with Crippen molar-refractivity contribution >= 4 is 15.9 Å². The van der Waals surface area contributed by atoms with Crippen LogP contribution in [0.1, 0.15) is 25.8 Å². The quantitative estimate of drug-likeness (QED) is 0.873. The van der Waals surface area contributed by atoms with Gasteiger partial charge in [0.05, 0.1) is 0 Å². The summed E-state index contributed by atoms with van der Waals surface area (Å²) in [6.07, 6.45) is 1.07. The first-order valence-corrected chi connectivity index (χ1v) is 6.85. The standard InChI is InChI=1S/C14H23BrN2/c1-14(2,7-8-16)11-17(3)10-12-5-4-6-13(15)9-12/h4-6,9H,7-8,10-11,16H2,1-3H3. The van der Waals surface area contributed by atoms with Gasteiger partial charge in [0.25, 0.3) is 0 Å². The Morgan fingerprint density at radius 2 is 2.06 bits per heavy atom. The zero-order valence-electron chi connectivity index (χ0n) is 11.0. The molecule has 0 radical (unpaired) electrons. The number of nitrogens with zero attached hydrogens (tertiary/aromatic N) is 1. The van der Waals surface area contributed by atoms with Gasteiger partial charge in [-0.1, -0.05) is 41.9 Å². The van der Waals surface area contributed by atoms with Crippen molar-refractivity contribution in [3.63, 3.8) is 0 Å². The molecule has 2 N–H and O–H groups in total. The fraction of sp³-hybridized carbons (Fsp3) is 0.571. The summed E-state index contributed by atoms with van der Waals surface area (Å²) < 4.78 is 1.14. The van der Waals surface area contributed by atoms with Crippen LogP contribution in [0, 0.1) is 5.41 Å². The Morgan fingerprint density at radius 3 is 2.65 bits per heavy atom. The highest BCUT2D eigenvalue weighted by molar-refractivity contribution is 9.10. The van der Waals surface area contributed by atoms with Crippen LogP contribution in [0.3, 0.4) is 0 Å². The summed E-state index contributed by atoms with van der Waals surface area (Å²) >= 11 is 3.50. The lowest BCUT2D eigenvalue weighted by molar-refractivity contribution is 0.195. The predicted octanol–water partition coefficient (Wildman–Crippen LogP) is 3.26. The van der Waals surface area contributed by atoms with Gasteiger partial charge in [0.15, 0.2) is 0 Å². The van der Waals surface area contributed by atoms with E-state index in [0.29, 0.717) is 0 Å². The molecule has 3 heteroatoms. The largest absolute Gasteiger partial charge is 0.330 e. The van der Waals surface area contributed by atoms with Gasteiger partial charge in [0.2, 0.25) is 0 Å². The second-order valence-corrected chi connectivity index (χ2v) is 6.42. The second kappa shape index (κ2) is 6.53. The molecule has 0 bridgehead atoms. The lowest BCUT2D eigenvalue weighted by Crippen LogP contribution is -2.32. The monoisotopic (exact) mass is 298 g/mol. The summed E-state index contributed by atoms with van der Waals surface area (Å²) in [5.74, 6) is 0. The van der Waals surface area contributed by atoms with Gasteiger partial charge in [-0.2, -0.15) is 0 Å². The molecule has 2 nitrogen and oxygen atoms in total. The fourth-order valence-electron chi connectivity index (χ4n) is 2.20. The SMILES string of the molecule is CN(Cc1cccc(Br)c1)CC(C)(C)CCN. The number of benzene rings is 1. The molecule has 0 saturated heterocycles. The molecule has 1 aromatic carbocycles. The number of nitrogens with two attached hydrogens (primary N) is 1. The molecule has 0 atom stereocenters. The Morgan fingerprint density at radius 1 is 1.35 bits per heavy atom. The normalized spacial score (nSPS) is 12.1. The van der Waals surface area contributed by atoms with Gasteiger partial charge in [0.1, 0.15) is 0 Å². The summed E-state index contributed by atoms with van der Waals surface area (Å²) in [4.78, 5) is 2.36. The Bertz CT molecular complexity index is 350. The Labute approximate surface area is 113 Å². The van der Waals surface area contributed by atoms with Crippen molar-refractivity contribution in [1.82, 2.24) is 4.90 Å². The molecule has 0 aliphatic rings. The maximum atomic E-state index is 5.64. The summed E-state index contributed by atoms with van der Waals surface area (Å²) in [5, 5.41) is 0. The van der Waals surface area contributed by atoms with Gasteiger partial charge in [-0.3, -0.25) is 0 Å². The second-order valence-electron chi connectivity index (χ2n) is 5.51. The van der Waals surface area contributed by atoms with Crippen molar-refractivity contribution < 1.29 is 0 Å². The maximum Gasteiger partial charge on any atom is 0.0231 e. The summed E-state index contributed by atoms with van der Waals surface area (Å²) in [6, 6.07) is 8.48. The van der Waals surface area contributed by atoms with E-state index in [4.69, 9.17) is 5.73 Å². The molecule has 0 spiro atoms. The molecule has 0 unspecified atom stereocenters. The van der Waals surface area contributed by atoms with Crippen LogP contribution < -0.4 is 5.73 Å². The van der Waals surface area contributed by atoms with E-state index < -0.39 is 0 Å². The molecule has 0 saturated carbocycles. The Balaban J connectivity index is 2.52. The number of rotatable bonds is 6. The molecule has 0 heterocycles. The first-order chi connectivity index (χ1) is 7.93. The van der Waals surface area contributed by atoms with Crippen LogP contribution in [0.4, 0.5) is 0 Å². The van der Waals surface area contributed by atoms with E-state index in [1.807, 2.05) is 0 Å². The lowest BCUT2D eigenvalue weighted by Gasteiger charge is -2.30. The van der Waals surface area contributed by atoms with Crippen LogP contribution in [-0.4, -0.2) is 25.0 Å². The first-order valence-electron chi connectivity index (χ1n) is 6.06. The van der Waals surface area contributed by atoms with Gasteiger partial charge in [-0.05, 0) is 43.1 Å². The molecular weight excluding hydrogens is 276 g/mol. The third-order valence-electron chi connectivity index (χ3n) is 2.86. The summed E-state index contributed by atoms with van der Waals surface area (Å²) in [6.45, 7) is 7.36. The van der Waals surface area contributed by atoms with Gasteiger partial charge in [0, 0.05) is 17.6 Å². The smallest absolute Gasteiger partial charge is 0.0231 e. The van der Waals surface area contributed by atoms with Gasteiger partial charge >= 0.3 is 0 Å². The molecule has 0 fully saturated rings. The van der Waals surface area contributed by atoms with E-state index in [1.54, 1.807) is 0 Å². The highest BCUT2D eigenvalue weighted by atomic mass is 79.9. The fourth-order valence-corrected chi connectivity index (χ4v) is 2.65. The van der Waals surface area contributed by atoms with E-state index in [0.717, 1.165) is 30.5 Å². The molecule has 1 rings (SSSR count). The first kappa shape index (κ1) is 14.7. The molecule has 0 aliphatic carbocycles. The van der Waals surface area contributed by atoms with Crippen molar-refractivity contribution in [3.05, 3.63) is 34.3 Å². The Hall–Kier alpha value is -0.380. The highest BCUT2D eigenvalue weighted by Crippen LogP contribution is 2.21. The average Bonchev–Trinajstić information content (AvgIpc) is 2.15. The third kappa shape index (κ3) is 5.66. The van der Waals surface area contributed by atoms with Gasteiger partial charge < -0.3 is 10.6 Å². The molecule has 0 amide bonds.